The van der Waals surface area contributed by atoms with E-state index in [4.69, 9.17) is 10.5 Å². The van der Waals surface area contributed by atoms with Gasteiger partial charge in [0, 0.05) is 49.4 Å². The molecule has 0 radical (unpaired) electrons. The van der Waals surface area contributed by atoms with Gasteiger partial charge in [0.1, 0.15) is 5.82 Å². The van der Waals surface area contributed by atoms with Crippen LogP contribution in [0.4, 0.5) is 10.6 Å². The summed E-state index contributed by atoms with van der Waals surface area (Å²) in [6.45, 7) is 6.82. The minimum absolute atomic E-state index is 0.0745. The van der Waals surface area contributed by atoms with Crippen molar-refractivity contribution >= 4 is 17.8 Å². The van der Waals surface area contributed by atoms with Crippen molar-refractivity contribution in [3.8, 4) is 11.1 Å². The van der Waals surface area contributed by atoms with Gasteiger partial charge in [-0.05, 0) is 49.9 Å². The molecule has 0 aliphatic carbocycles. The van der Waals surface area contributed by atoms with Gasteiger partial charge in [-0.3, -0.25) is 14.7 Å². The quantitative estimate of drug-likeness (QED) is 0.837. The molecule has 158 valence electrons. The minimum Gasteiger partial charge on any atom is -0.378 e. The highest BCUT2D eigenvalue weighted by molar-refractivity contribution is 5.91. The number of aryl methyl sites for hydroxylation is 1. The van der Waals surface area contributed by atoms with Crippen LogP contribution in [-0.4, -0.2) is 59.7 Å². The number of hydrogen-bond acceptors (Lipinski definition) is 5. The lowest BCUT2D eigenvalue weighted by molar-refractivity contribution is -0.140. The maximum absolute atomic E-state index is 13.1. The number of pyridine rings is 2. The molecule has 2 N–H and O–H groups in total. The Morgan fingerprint density at radius 2 is 1.80 bits per heavy atom. The molecule has 2 aromatic rings. The number of amides is 3. The first-order chi connectivity index (χ1) is 14.4. The number of morpholine rings is 1. The zero-order chi connectivity index (χ0) is 21.3. The van der Waals surface area contributed by atoms with Gasteiger partial charge in [-0.1, -0.05) is 0 Å². The number of carbonyl (C=O) groups excluding carboxylic acids is 2. The van der Waals surface area contributed by atoms with E-state index < -0.39 is 11.4 Å². The number of anilines is 1. The van der Waals surface area contributed by atoms with E-state index >= 15 is 0 Å². The van der Waals surface area contributed by atoms with Gasteiger partial charge >= 0.3 is 6.03 Å². The van der Waals surface area contributed by atoms with Gasteiger partial charge in [0.25, 0.3) is 0 Å². The fourth-order valence-electron chi connectivity index (χ4n) is 4.06. The maximum atomic E-state index is 13.1. The van der Waals surface area contributed by atoms with Crippen LogP contribution < -0.4 is 10.6 Å². The van der Waals surface area contributed by atoms with E-state index in [1.165, 1.54) is 4.90 Å². The lowest BCUT2D eigenvalue weighted by Gasteiger charge is -2.34. The highest BCUT2D eigenvalue weighted by Gasteiger charge is 2.35. The Balaban J connectivity index is 1.63. The molecule has 4 rings (SSSR count). The molecule has 0 bridgehead atoms. The first-order valence-corrected chi connectivity index (χ1v) is 10.3. The predicted octanol–water partition coefficient (Wildman–Crippen LogP) is 2.11. The van der Waals surface area contributed by atoms with E-state index in [1.807, 2.05) is 30.9 Å². The van der Waals surface area contributed by atoms with Crippen molar-refractivity contribution < 1.29 is 14.3 Å². The molecule has 8 heteroatoms. The zero-order valence-corrected chi connectivity index (χ0v) is 17.4. The number of ether oxygens (including phenoxy) is 1. The Morgan fingerprint density at radius 3 is 2.53 bits per heavy atom. The van der Waals surface area contributed by atoms with Gasteiger partial charge in [0.15, 0.2) is 0 Å². The average molecular weight is 409 g/mol. The van der Waals surface area contributed by atoms with E-state index in [0.717, 1.165) is 35.1 Å². The summed E-state index contributed by atoms with van der Waals surface area (Å²) in [6.07, 6.45) is 6.95. The molecule has 3 amide bonds. The first-order valence-electron chi connectivity index (χ1n) is 10.3. The van der Waals surface area contributed by atoms with Gasteiger partial charge in [0.2, 0.25) is 5.91 Å². The molecule has 2 aliphatic rings. The molecule has 2 aromatic heterocycles. The van der Waals surface area contributed by atoms with Gasteiger partial charge < -0.3 is 15.4 Å². The van der Waals surface area contributed by atoms with Crippen LogP contribution >= 0.6 is 0 Å². The average Bonchev–Trinajstić information content (AvgIpc) is 2.78. The van der Waals surface area contributed by atoms with Crippen LogP contribution in [0.5, 0.6) is 0 Å². The Hall–Kier alpha value is -3.00. The third kappa shape index (κ3) is 3.75. The number of fused-ring (bicyclic) bond motifs is 1. The molecule has 8 nitrogen and oxygen atoms in total. The molecule has 0 unspecified atom stereocenters. The highest BCUT2D eigenvalue weighted by atomic mass is 16.5. The van der Waals surface area contributed by atoms with E-state index in [2.05, 4.69) is 9.97 Å². The molecule has 1 saturated heterocycles. The Kier molecular flexibility index (Phi) is 5.42. The lowest BCUT2D eigenvalue weighted by atomic mass is 9.83. The molecule has 4 heterocycles. The predicted molar refractivity (Wildman–Crippen MR) is 113 cm³/mol. The number of aromatic nitrogens is 2. The van der Waals surface area contributed by atoms with Crippen LogP contribution in [0.3, 0.4) is 0 Å². The summed E-state index contributed by atoms with van der Waals surface area (Å²) in [5, 5.41) is 0. The Morgan fingerprint density at radius 1 is 1.07 bits per heavy atom. The van der Waals surface area contributed by atoms with Crippen LogP contribution in [0.2, 0.25) is 0 Å². The molecule has 0 spiro atoms. The summed E-state index contributed by atoms with van der Waals surface area (Å²) in [7, 11) is 0. The van der Waals surface area contributed by atoms with Crippen molar-refractivity contribution in [1.82, 2.24) is 14.9 Å². The molecular formula is C22H27N5O3. The summed E-state index contributed by atoms with van der Waals surface area (Å²) in [5.41, 5.74) is 8.42. The second kappa shape index (κ2) is 8.02. The van der Waals surface area contributed by atoms with Gasteiger partial charge in [-0.15, -0.1) is 0 Å². The SMILES string of the molecule is CC(C)(C(=O)N1CCOCC1)c1cncc(-c2cnc3c(c2)CCCN3C(N)=O)c1. The summed E-state index contributed by atoms with van der Waals surface area (Å²) < 4.78 is 5.37. The normalized spacial score (nSPS) is 16.9. The smallest absolute Gasteiger partial charge is 0.320 e. The number of hydrogen-bond donors (Lipinski definition) is 1. The number of carbonyl (C=O) groups is 2. The molecule has 0 atom stereocenters. The number of urea groups is 1. The van der Waals surface area contributed by atoms with Crippen LogP contribution in [0.25, 0.3) is 11.1 Å². The van der Waals surface area contributed by atoms with Crippen LogP contribution in [0, 0.1) is 0 Å². The lowest BCUT2D eigenvalue weighted by Crippen LogP contribution is -2.48. The van der Waals surface area contributed by atoms with Gasteiger partial charge in [0.05, 0.1) is 18.6 Å². The highest BCUT2D eigenvalue weighted by Crippen LogP contribution is 2.32. The molecule has 2 aliphatic heterocycles. The first kappa shape index (κ1) is 20.3. The second-order valence-electron chi connectivity index (χ2n) is 8.29. The van der Waals surface area contributed by atoms with E-state index in [-0.39, 0.29) is 5.91 Å². The molecule has 1 fully saturated rings. The molecular weight excluding hydrogens is 382 g/mol. The number of nitrogens with zero attached hydrogens (tertiary/aromatic N) is 4. The van der Waals surface area contributed by atoms with Crippen LogP contribution in [0.1, 0.15) is 31.4 Å². The van der Waals surface area contributed by atoms with Crippen molar-refractivity contribution in [2.24, 2.45) is 5.73 Å². The van der Waals surface area contributed by atoms with E-state index in [0.29, 0.717) is 38.7 Å². The minimum atomic E-state index is -0.704. The van der Waals surface area contributed by atoms with Crippen LogP contribution in [0.15, 0.2) is 30.7 Å². The van der Waals surface area contributed by atoms with Crippen LogP contribution in [-0.2, 0) is 21.4 Å². The summed E-state index contributed by atoms with van der Waals surface area (Å²) in [6, 6.07) is 3.56. The number of nitrogens with two attached hydrogens (primary N) is 1. The van der Waals surface area contributed by atoms with Crippen molar-refractivity contribution in [1.29, 1.82) is 0 Å². The standard InChI is InChI=1S/C22H27N5O3/c1-22(2,20(28)26-6-8-30-9-7-26)18-11-17(12-24-14-18)16-10-15-4-3-5-27(21(23)29)19(15)25-13-16/h10-14H,3-9H2,1-2H3,(H2,23,29). The van der Waals surface area contributed by atoms with Crippen molar-refractivity contribution in [2.45, 2.75) is 32.1 Å². The monoisotopic (exact) mass is 409 g/mol. The molecule has 0 aromatic carbocycles. The van der Waals surface area contributed by atoms with Crippen molar-refractivity contribution in [3.05, 3.63) is 41.9 Å². The Bertz CT molecular complexity index is 969. The van der Waals surface area contributed by atoms with Gasteiger partial charge in [-0.25, -0.2) is 9.78 Å². The maximum Gasteiger partial charge on any atom is 0.320 e. The van der Waals surface area contributed by atoms with E-state index in [1.54, 1.807) is 18.6 Å². The fraction of sp³-hybridized carbons (Fsp3) is 0.455. The third-order valence-electron chi connectivity index (χ3n) is 5.92. The second-order valence-corrected chi connectivity index (χ2v) is 8.29. The molecule has 0 saturated carbocycles. The van der Waals surface area contributed by atoms with Crippen molar-refractivity contribution in [3.63, 3.8) is 0 Å². The number of rotatable bonds is 3. The topological polar surface area (TPSA) is 102 Å². The molecule has 30 heavy (non-hydrogen) atoms. The summed E-state index contributed by atoms with van der Waals surface area (Å²) in [5.74, 6) is 0.704. The largest absolute Gasteiger partial charge is 0.378 e. The fourth-order valence-corrected chi connectivity index (χ4v) is 4.06. The van der Waals surface area contributed by atoms with Gasteiger partial charge in [-0.2, -0.15) is 0 Å². The summed E-state index contributed by atoms with van der Waals surface area (Å²) >= 11 is 0. The third-order valence-corrected chi connectivity index (χ3v) is 5.92. The van der Waals surface area contributed by atoms with E-state index in [9.17, 15) is 9.59 Å². The Labute approximate surface area is 176 Å². The number of primary amides is 1. The summed E-state index contributed by atoms with van der Waals surface area (Å²) in [4.78, 5) is 37.1. The zero-order valence-electron chi connectivity index (χ0n) is 17.4. The van der Waals surface area contributed by atoms with Crippen molar-refractivity contribution in [2.75, 3.05) is 37.7 Å².